The van der Waals surface area contributed by atoms with Crippen LogP contribution in [-0.2, 0) is 14.3 Å². The third kappa shape index (κ3) is 5.22. The lowest BCUT2D eigenvalue weighted by Gasteiger charge is -2.21. The summed E-state index contributed by atoms with van der Waals surface area (Å²) in [5.41, 5.74) is 0.938. The van der Waals surface area contributed by atoms with Crippen LogP contribution in [-0.4, -0.2) is 26.7 Å². The van der Waals surface area contributed by atoms with Gasteiger partial charge in [-0.05, 0) is 61.7 Å². The molecule has 3 aromatic rings. The molecule has 1 saturated carbocycles. The molecule has 0 spiro atoms. The maximum absolute atomic E-state index is 13.1. The minimum absolute atomic E-state index is 0.0191. The largest absolute Gasteiger partial charge is 0.462 e. The fourth-order valence-electron chi connectivity index (χ4n) is 3.77. The van der Waals surface area contributed by atoms with Gasteiger partial charge in [0.15, 0.2) is 10.3 Å². The lowest BCUT2D eigenvalue weighted by atomic mass is 9.98. The predicted molar refractivity (Wildman–Crippen MR) is 120 cm³/mol. The molecule has 6 nitrogen and oxygen atoms in total. The van der Waals surface area contributed by atoms with Gasteiger partial charge in [0.25, 0.3) is 5.56 Å². The molecule has 0 aliphatic heterocycles. The first-order chi connectivity index (χ1) is 15.1. The molecule has 1 aromatic heterocycles. The van der Waals surface area contributed by atoms with Crippen LogP contribution in [0, 0.1) is 0 Å². The zero-order valence-electron chi connectivity index (χ0n) is 17.2. The van der Waals surface area contributed by atoms with Gasteiger partial charge in [0.05, 0.1) is 23.0 Å². The van der Waals surface area contributed by atoms with Crippen molar-refractivity contribution in [3.05, 3.63) is 65.0 Å². The Bertz CT molecular complexity index is 1140. The van der Waals surface area contributed by atoms with Gasteiger partial charge >= 0.3 is 5.97 Å². The number of hydrogen-bond acceptors (Lipinski definition) is 6. The number of rotatable bonds is 6. The van der Waals surface area contributed by atoms with Gasteiger partial charge in [-0.15, -0.1) is 0 Å². The SMILES string of the molecule is O=C(CCC(=O)Sc1nc2ccccc2c(=O)n1-c1ccccc1)OC1CCCCC1. The van der Waals surface area contributed by atoms with E-state index in [4.69, 9.17) is 4.74 Å². The molecule has 0 radical (unpaired) electrons. The van der Waals surface area contributed by atoms with Gasteiger partial charge in [-0.25, -0.2) is 4.98 Å². The van der Waals surface area contributed by atoms with Crippen LogP contribution in [0.5, 0.6) is 0 Å². The molecule has 1 aliphatic carbocycles. The highest BCUT2D eigenvalue weighted by Crippen LogP contribution is 2.24. The molecule has 0 saturated heterocycles. The summed E-state index contributed by atoms with van der Waals surface area (Å²) < 4.78 is 6.94. The van der Waals surface area contributed by atoms with Crippen molar-refractivity contribution in [1.82, 2.24) is 9.55 Å². The number of fused-ring (bicyclic) bond motifs is 1. The molecule has 1 heterocycles. The highest BCUT2D eigenvalue weighted by atomic mass is 32.2. The Kier molecular flexibility index (Phi) is 6.82. The second-order valence-corrected chi connectivity index (χ2v) is 8.64. The number of para-hydroxylation sites is 2. The number of ether oxygens (including phenoxy) is 1. The zero-order chi connectivity index (χ0) is 21.6. The molecule has 31 heavy (non-hydrogen) atoms. The number of thioether (sulfide) groups is 1. The zero-order valence-corrected chi connectivity index (χ0v) is 18.0. The Balaban J connectivity index is 1.51. The molecule has 0 amide bonds. The lowest BCUT2D eigenvalue weighted by Crippen LogP contribution is -2.22. The quantitative estimate of drug-likeness (QED) is 0.318. The molecule has 160 valence electrons. The Labute approximate surface area is 184 Å². The van der Waals surface area contributed by atoms with E-state index in [2.05, 4.69) is 4.98 Å². The number of carbonyl (C=O) groups excluding carboxylic acids is 2. The van der Waals surface area contributed by atoms with Gasteiger partial charge in [0.2, 0.25) is 0 Å². The van der Waals surface area contributed by atoms with Gasteiger partial charge in [-0.2, -0.15) is 0 Å². The molecular weight excluding hydrogens is 412 g/mol. The Morgan fingerprint density at radius 1 is 0.968 bits per heavy atom. The van der Waals surface area contributed by atoms with Crippen LogP contribution in [0.1, 0.15) is 44.9 Å². The van der Waals surface area contributed by atoms with Gasteiger partial charge in [0.1, 0.15) is 6.10 Å². The average Bonchev–Trinajstić information content (AvgIpc) is 2.79. The highest BCUT2D eigenvalue weighted by molar-refractivity contribution is 8.13. The molecule has 1 fully saturated rings. The second kappa shape index (κ2) is 9.92. The van der Waals surface area contributed by atoms with Gasteiger partial charge in [-0.3, -0.25) is 19.0 Å². The number of aromatic nitrogens is 2. The van der Waals surface area contributed by atoms with E-state index in [1.807, 2.05) is 18.2 Å². The van der Waals surface area contributed by atoms with E-state index in [0.717, 1.165) is 37.4 Å². The standard InChI is InChI=1S/C24H24N2O4S/c27-21(30-18-11-5-2-6-12-18)15-16-22(28)31-24-25-20-14-8-7-13-19(20)23(29)26(24)17-9-3-1-4-10-17/h1,3-4,7-10,13-14,18H,2,5-6,11-12,15-16H2. The average molecular weight is 437 g/mol. The summed E-state index contributed by atoms with van der Waals surface area (Å²) in [6.07, 6.45) is 5.20. The number of carbonyl (C=O) groups is 2. The summed E-state index contributed by atoms with van der Waals surface area (Å²) in [5, 5.41) is 0.548. The van der Waals surface area contributed by atoms with Crippen LogP contribution in [0.25, 0.3) is 16.6 Å². The van der Waals surface area contributed by atoms with Crippen molar-refractivity contribution in [3.63, 3.8) is 0 Å². The van der Waals surface area contributed by atoms with Crippen molar-refractivity contribution < 1.29 is 14.3 Å². The smallest absolute Gasteiger partial charge is 0.306 e. The number of benzene rings is 2. The summed E-state index contributed by atoms with van der Waals surface area (Å²) >= 11 is 0.887. The van der Waals surface area contributed by atoms with Crippen LogP contribution in [0.3, 0.4) is 0 Å². The minimum Gasteiger partial charge on any atom is -0.462 e. The third-order valence-electron chi connectivity index (χ3n) is 5.35. The first kappa shape index (κ1) is 21.3. The monoisotopic (exact) mass is 436 g/mol. The lowest BCUT2D eigenvalue weighted by molar-refractivity contribution is -0.151. The number of hydrogen-bond donors (Lipinski definition) is 0. The summed E-state index contributed by atoms with van der Waals surface area (Å²) in [7, 11) is 0. The summed E-state index contributed by atoms with van der Waals surface area (Å²) in [6.45, 7) is 0. The van der Waals surface area contributed by atoms with Crippen LogP contribution < -0.4 is 5.56 Å². The Morgan fingerprint density at radius 3 is 2.45 bits per heavy atom. The molecule has 1 aliphatic rings. The van der Waals surface area contributed by atoms with Crippen LogP contribution in [0.15, 0.2) is 64.5 Å². The Morgan fingerprint density at radius 2 is 1.68 bits per heavy atom. The van der Waals surface area contributed by atoms with E-state index < -0.39 is 0 Å². The molecule has 7 heteroatoms. The highest BCUT2D eigenvalue weighted by Gasteiger charge is 2.20. The van der Waals surface area contributed by atoms with Crippen molar-refractivity contribution in [1.29, 1.82) is 0 Å². The van der Waals surface area contributed by atoms with Gasteiger partial charge < -0.3 is 4.74 Å². The molecule has 0 N–H and O–H groups in total. The first-order valence-corrected chi connectivity index (χ1v) is 11.4. The Hall–Kier alpha value is -2.93. The summed E-state index contributed by atoms with van der Waals surface area (Å²) in [4.78, 5) is 42.5. The third-order valence-corrected chi connectivity index (χ3v) is 6.24. The van der Waals surface area contributed by atoms with Gasteiger partial charge in [-0.1, -0.05) is 36.8 Å². The van der Waals surface area contributed by atoms with E-state index >= 15 is 0 Å². The van der Waals surface area contributed by atoms with Crippen molar-refractivity contribution in [3.8, 4) is 5.69 Å². The van der Waals surface area contributed by atoms with Crippen LogP contribution in [0.2, 0.25) is 0 Å². The molecule has 0 atom stereocenters. The van der Waals surface area contributed by atoms with Crippen LogP contribution >= 0.6 is 11.8 Å². The van der Waals surface area contributed by atoms with E-state index in [-0.39, 0.29) is 35.6 Å². The summed E-state index contributed by atoms with van der Waals surface area (Å²) in [5.74, 6) is -0.340. The van der Waals surface area contributed by atoms with E-state index in [0.29, 0.717) is 21.7 Å². The normalized spacial score (nSPS) is 14.5. The molecular formula is C24H24N2O4S. The fourth-order valence-corrected chi connectivity index (χ4v) is 4.60. The molecule has 2 aromatic carbocycles. The predicted octanol–water partition coefficient (Wildman–Crippen LogP) is 4.66. The fraction of sp³-hybridized carbons (Fsp3) is 0.333. The second-order valence-electron chi connectivity index (χ2n) is 7.61. The molecule has 4 rings (SSSR count). The summed E-state index contributed by atoms with van der Waals surface area (Å²) in [6, 6.07) is 16.2. The van der Waals surface area contributed by atoms with Crippen molar-refractivity contribution in [2.75, 3.05) is 0 Å². The van der Waals surface area contributed by atoms with E-state index in [1.54, 1.807) is 36.4 Å². The number of nitrogens with zero attached hydrogens (tertiary/aromatic N) is 2. The van der Waals surface area contributed by atoms with Crippen molar-refractivity contribution in [2.24, 2.45) is 0 Å². The minimum atomic E-state index is -0.340. The maximum atomic E-state index is 13.1. The molecule has 0 bridgehead atoms. The topological polar surface area (TPSA) is 78.3 Å². The van der Waals surface area contributed by atoms with Crippen molar-refractivity contribution >= 4 is 33.7 Å². The maximum Gasteiger partial charge on any atom is 0.306 e. The van der Waals surface area contributed by atoms with Crippen LogP contribution in [0.4, 0.5) is 0 Å². The number of esters is 1. The first-order valence-electron chi connectivity index (χ1n) is 10.6. The van der Waals surface area contributed by atoms with E-state index in [1.165, 1.54) is 11.0 Å². The molecule has 0 unspecified atom stereocenters. The van der Waals surface area contributed by atoms with E-state index in [9.17, 15) is 14.4 Å². The van der Waals surface area contributed by atoms with Gasteiger partial charge in [0, 0.05) is 6.42 Å². The van der Waals surface area contributed by atoms with Crippen molar-refractivity contribution in [2.45, 2.75) is 56.2 Å².